The van der Waals surface area contributed by atoms with E-state index in [4.69, 9.17) is 8.94 Å². The van der Waals surface area contributed by atoms with Crippen molar-refractivity contribution in [3.63, 3.8) is 0 Å². The molecule has 0 aliphatic heterocycles. The van der Waals surface area contributed by atoms with Crippen LogP contribution in [0, 0.1) is 0 Å². The standard InChI is InChI=1S/C20H20BrN3O4/c1-20(2,3)15-11-17(24-28-15)23-18(25)10-12-4-6-13(7-5-12)22-19(26)14-8-9-16(21)27-14/h4-9,11H,10H2,1-3H3,(H,22,26)(H,23,24,25). The highest BCUT2D eigenvalue weighted by Gasteiger charge is 2.20. The molecule has 28 heavy (non-hydrogen) atoms. The van der Waals surface area contributed by atoms with Gasteiger partial charge in [-0.3, -0.25) is 9.59 Å². The third-order valence-corrected chi connectivity index (χ3v) is 4.32. The topological polar surface area (TPSA) is 97.4 Å². The van der Waals surface area contributed by atoms with Gasteiger partial charge in [-0.2, -0.15) is 0 Å². The summed E-state index contributed by atoms with van der Waals surface area (Å²) >= 11 is 3.16. The van der Waals surface area contributed by atoms with Gasteiger partial charge in [-0.1, -0.05) is 38.1 Å². The molecule has 0 bridgehead atoms. The first-order valence-corrected chi connectivity index (χ1v) is 9.43. The van der Waals surface area contributed by atoms with E-state index in [1.54, 1.807) is 42.5 Å². The molecule has 0 unspecified atom stereocenters. The highest BCUT2D eigenvalue weighted by Crippen LogP contribution is 2.24. The van der Waals surface area contributed by atoms with E-state index in [0.29, 0.717) is 21.9 Å². The maximum Gasteiger partial charge on any atom is 0.291 e. The van der Waals surface area contributed by atoms with Crippen LogP contribution in [-0.2, 0) is 16.6 Å². The molecule has 146 valence electrons. The van der Waals surface area contributed by atoms with Gasteiger partial charge in [0.1, 0.15) is 5.76 Å². The number of rotatable bonds is 5. The molecule has 2 N–H and O–H groups in total. The molecule has 1 aromatic carbocycles. The molecule has 0 radical (unpaired) electrons. The van der Waals surface area contributed by atoms with Crippen LogP contribution < -0.4 is 10.6 Å². The number of amides is 2. The lowest BCUT2D eigenvalue weighted by atomic mass is 9.93. The smallest absolute Gasteiger partial charge is 0.291 e. The van der Waals surface area contributed by atoms with Crippen LogP contribution in [-0.4, -0.2) is 17.0 Å². The van der Waals surface area contributed by atoms with Gasteiger partial charge in [0.2, 0.25) is 5.91 Å². The zero-order valence-electron chi connectivity index (χ0n) is 15.7. The highest BCUT2D eigenvalue weighted by molar-refractivity contribution is 9.10. The molecule has 0 aliphatic carbocycles. The van der Waals surface area contributed by atoms with Gasteiger partial charge in [0.25, 0.3) is 5.91 Å². The first-order chi connectivity index (χ1) is 13.2. The third-order valence-electron chi connectivity index (χ3n) is 3.89. The molecule has 7 nitrogen and oxygen atoms in total. The molecule has 8 heteroatoms. The van der Waals surface area contributed by atoms with E-state index in [0.717, 1.165) is 5.56 Å². The van der Waals surface area contributed by atoms with E-state index in [1.807, 2.05) is 20.8 Å². The number of anilines is 2. The molecule has 0 fully saturated rings. The number of hydrogen-bond donors (Lipinski definition) is 2. The Hall–Kier alpha value is -2.87. The minimum atomic E-state index is -0.350. The van der Waals surface area contributed by atoms with E-state index in [9.17, 15) is 9.59 Å². The number of carbonyl (C=O) groups excluding carboxylic acids is 2. The van der Waals surface area contributed by atoms with E-state index >= 15 is 0 Å². The molecule has 0 spiro atoms. The van der Waals surface area contributed by atoms with Gasteiger partial charge >= 0.3 is 0 Å². The maximum atomic E-state index is 12.2. The summed E-state index contributed by atoms with van der Waals surface area (Å²) < 4.78 is 11.0. The molecule has 0 saturated heterocycles. The van der Waals surface area contributed by atoms with Crippen LogP contribution in [0.1, 0.15) is 42.6 Å². The van der Waals surface area contributed by atoms with Gasteiger partial charge in [0.05, 0.1) is 6.42 Å². The third kappa shape index (κ3) is 5.10. The van der Waals surface area contributed by atoms with Crippen LogP contribution in [0.15, 0.2) is 56.1 Å². The average molecular weight is 446 g/mol. The van der Waals surface area contributed by atoms with Crippen molar-refractivity contribution in [2.45, 2.75) is 32.6 Å². The predicted octanol–water partition coefficient (Wildman–Crippen LogP) is 4.76. The monoisotopic (exact) mass is 445 g/mol. The predicted molar refractivity (Wildman–Crippen MR) is 108 cm³/mol. The summed E-state index contributed by atoms with van der Waals surface area (Å²) in [5, 5.41) is 9.33. The van der Waals surface area contributed by atoms with Crippen molar-refractivity contribution in [2.75, 3.05) is 10.6 Å². The zero-order chi connectivity index (χ0) is 20.3. The van der Waals surface area contributed by atoms with Crippen molar-refractivity contribution >= 4 is 39.2 Å². The largest absolute Gasteiger partial charge is 0.444 e. The molecule has 2 aromatic heterocycles. The van der Waals surface area contributed by atoms with Crippen molar-refractivity contribution in [1.82, 2.24) is 5.16 Å². The summed E-state index contributed by atoms with van der Waals surface area (Å²) in [7, 11) is 0. The molecule has 2 heterocycles. The summed E-state index contributed by atoms with van der Waals surface area (Å²) in [6.45, 7) is 6.01. The molecule has 3 aromatic rings. The first kappa shape index (κ1) is 19.9. The molecule has 0 saturated carbocycles. The number of nitrogens with zero attached hydrogens (tertiary/aromatic N) is 1. The van der Waals surface area contributed by atoms with Crippen LogP contribution in [0.4, 0.5) is 11.5 Å². The first-order valence-electron chi connectivity index (χ1n) is 8.63. The van der Waals surface area contributed by atoms with Crippen LogP contribution in [0.5, 0.6) is 0 Å². The number of hydrogen-bond acceptors (Lipinski definition) is 5. The van der Waals surface area contributed by atoms with Gasteiger partial charge in [0, 0.05) is 17.2 Å². The minimum absolute atomic E-state index is 0.178. The number of furan rings is 1. The SMILES string of the molecule is CC(C)(C)c1cc(NC(=O)Cc2ccc(NC(=O)c3ccc(Br)o3)cc2)no1. The normalized spacial score (nSPS) is 11.3. The van der Waals surface area contributed by atoms with Crippen LogP contribution in [0.2, 0.25) is 0 Å². The van der Waals surface area contributed by atoms with Crippen molar-refractivity contribution in [3.8, 4) is 0 Å². The van der Waals surface area contributed by atoms with E-state index in [1.165, 1.54) is 0 Å². The molecule has 3 rings (SSSR count). The highest BCUT2D eigenvalue weighted by atomic mass is 79.9. The summed E-state index contributed by atoms with van der Waals surface area (Å²) in [6, 6.07) is 12.0. The number of halogens is 1. The van der Waals surface area contributed by atoms with Crippen molar-refractivity contribution in [1.29, 1.82) is 0 Å². The Morgan fingerprint density at radius 1 is 1.07 bits per heavy atom. The molecule has 0 aliphatic rings. The fourth-order valence-electron chi connectivity index (χ4n) is 2.39. The van der Waals surface area contributed by atoms with Gasteiger partial charge in [-0.15, -0.1) is 0 Å². The second-order valence-electron chi connectivity index (χ2n) is 7.31. The Balaban J connectivity index is 1.55. The maximum absolute atomic E-state index is 12.2. The number of carbonyl (C=O) groups is 2. The average Bonchev–Trinajstić information content (AvgIpc) is 3.25. The Morgan fingerprint density at radius 3 is 2.36 bits per heavy atom. The lowest BCUT2D eigenvalue weighted by Crippen LogP contribution is -2.15. The Labute approximate surface area is 170 Å². The van der Waals surface area contributed by atoms with Crippen molar-refractivity contribution < 1.29 is 18.5 Å². The molecular formula is C20H20BrN3O4. The summed E-state index contributed by atoms with van der Waals surface area (Å²) in [5.41, 5.74) is 1.23. The Bertz CT molecular complexity index is 984. The molecule has 2 amide bonds. The van der Waals surface area contributed by atoms with E-state index < -0.39 is 0 Å². The molecular weight excluding hydrogens is 426 g/mol. The summed E-state index contributed by atoms with van der Waals surface area (Å²) in [6.07, 6.45) is 0.178. The van der Waals surface area contributed by atoms with Gasteiger partial charge in [0.15, 0.2) is 16.2 Å². The number of benzene rings is 1. The Kier molecular flexibility index (Phi) is 5.69. The van der Waals surface area contributed by atoms with E-state index in [-0.39, 0.29) is 29.4 Å². The quantitative estimate of drug-likeness (QED) is 0.589. The summed E-state index contributed by atoms with van der Waals surface area (Å²) in [5.74, 6) is 0.746. The van der Waals surface area contributed by atoms with Gasteiger partial charge in [-0.05, 0) is 45.8 Å². The van der Waals surface area contributed by atoms with Crippen LogP contribution in [0.25, 0.3) is 0 Å². The fourth-order valence-corrected chi connectivity index (χ4v) is 2.70. The summed E-state index contributed by atoms with van der Waals surface area (Å²) in [4.78, 5) is 24.3. The van der Waals surface area contributed by atoms with Crippen molar-refractivity contribution in [3.05, 3.63) is 64.2 Å². The van der Waals surface area contributed by atoms with E-state index in [2.05, 4.69) is 31.7 Å². The number of nitrogens with one attached hydrogen (secondary N) is 2. The second kappa shape index (κ2) is 8.02. The van der Waals surface area contributed by atoms with Crippen LogP contribution in [0.3, 0.4) is 0 Å². The van der Waals surface area contributed by atoms with Crippen molar-refractivity contribution in [2.24, 2.45) is 0 Å². The second-order valence-corrected chi connectivity index (χ2v) is 8.09. The lowest BCUT2D eigenvalue weighted by Gasteiger charge is -2.12. The minimum Gasteiger partial charge on any atom is -0.444 e. The number of aromatic nitrogens is 1. The lowest BCUT2D eigenvalue weighted by molar-refractivity contribution is -0.115. The molecule has 0 atom stereocenters. The van der Waals surface area contributed by atoms with Crippen LogP contribution >= 0.6 is 15.9 Å². The van der Waals surface area contributed by atoms with Gasteiger partial charge < -0.3 is 19.6 Å². The fraction of sp³-hybridized carbons (Fsp3) is 0.250. The Morgan fingerprint density at radius 2 is 1.79 bits per heavy atom. The van der Waals surface area contributed by atoms with Gasteiger partial charge in [-0.25, -0.2) is 0 Å². The zero-order valence-corrected chi connectivity index (χ0v) is 17.3.